The zero-order valence-electron chi connectivity index (χ0n) is 17.5. The predicted octanol–water partition coefficient (Wildman–Crippen LogP) is 5.00. The maximum atomic E-state index is 5.95. The highest BCUT2D eigenvalue weighted by atomic mass is 15.1. The molecule has 0 saturated heterocycles. The van der Waals surface area contributed by atoms with Gasteiger partial charge in [-0.05, 0) is 48.9 Å². The summed E-state index contributed by atoms with van der Waals surface area (Å²) < 4.78 is 0. The highest BCUT2D eigenvalue weighted by Gasteiger charge is 2.15. The number of rotatable bonds is 5. The summed E-state index contributed by atoms with van der Waals surface area (Å²) in [5.41, 5.74) is 13.5. The van der Waals surface area contributed by atoms with Crippen molar-refractivity contribution in [1.29, 1.82) is 0 Å². The van der Waals surface area contributed by atoms with Gasteiger partial charge in [-0.1, -0.05) is 18.7 Å². The van der Waals surface area contributed by atoms with Gasteiger partial charge in [0, 0.05) is 34.4 Å². The number of hydrogen-bond donors (Lipinski definition) is 3. The van der Waals surface area contributed by atoms with Gasteiger partial charge < -0.3 is 10.7 Å². The van der Waals surface area contributed by atoms with Crippen molar-refractivity contribution in [2.75, 3.05) is 0 Å². The standard InChI is InChI=1S/C25H21N7/c1-3-15(9-16(26)4-2)21-11-18-24(14-29-21)31-32-25(18)22-10-17-19(12-27-13-23(17)30-22)20-7-5-6-8-28-20/h3-14,30H,2,26H2,1H3,(H,31,32)/b15-3+,16-9+. The van der Waals surface area contributed by atoms with E-state index in [-0.39, 0.29) is 0 Å². The molecule has 0 aliphatic rings. The van der Waals surface area contributed by atoms with E-state index in [1.54, 1.807) is 18.5 Å². The monoisotopic (exact) mass is 419 g/mol. The van der Waals surface area contributed by atoms with Gasteiger partial charge in [0.25, 0.3) is 0 Å². The minimum atomic E-state index is 0.581. The molecule has 0 aliphatic heterocycles. The number of fused-ring (bicyclic) bond motifs is 2. The second-order valence-electron chi connectivity index (χ2n) is 7.33. The second kappa shape index (κ2) is 7.96. The molecule has 156 valence electrons. The van der Waals surface area contributed by atoms with Crippen molar-refractivity contribution in [1.82, 2.24) is 30.1 Å². The van der Waals surface area contributed by atoms with Crippen LogP contribution in [-0.4, -0.2) is 30.1 Å². The molecular weight excluding hydrogens is 398 g/mol. The average Bonchev–Trinajstić information content (AvgIpc) is 3.46. The van der Waals surface area contributed by atoms with E-state index in [1.165, 1.54) is 0 Å². The first-order chi connectivity index (χ1) is 15.7. The number of nitrogens with zero attached hydrogens (tertiary/aromatic N) is 4. The van der Waals surface area contributed by atoms with Gasteiger partial charge in [-0.2, -0.15) is 5.10 Å². The summed E-state index contributed by atoms with van der Waals surface area (Å²) in [6.07, 6.45) is 12.7. The lowest BCUT2D eigenvalue weighted by Gasteiger charge is -2.03. The van der Waals surface area contributed by atoms with Crippen molar-refractivity contribution in [2.45, 2.75) is 6.92 Å². The molecule has 0 atom stereocenters. The third-order valence-corrected chi connectivity index (χ3v) is 5.35. The van der Waals surface area contributed by atoms with Gasteiger partial charge in [0.05, 0.1) is 40.5 Å². The molecule has 0 spiro atoms. The Morgan fingerprint density at radius 1 is 1.06 bits per heavy atom. The minimum absolute atomic E-state index is 0.581. The van der Waals surface area contributed by atoms with Crippen LogP contribution >= 0.6 is 0 Å². The summed E-state index contributed by atoms with van der Waals surface area (Å²) >= 11 is 0. The number of H-pyrrole nitrogens is 2. The van der Waals surface area contributed by atoms with Crippen LogP contribution in [0, 0.1) is 0 Å². The van der Waals surface area contributed by atoms with E-state index in [9.17, 15) is 0 Å². The van der Waals surface area contributed by atoms with Crippen LogP contribution in [0.2, 0.25) is 0 Å². The molecule has 0 aliphatic carbocycles. The van der Waals surface area contributed by atoms with Crippen LogP contribution in [-0.2, 0) is 0 Å². The van der Waals surface area contributed by atoms with Gasteiger partial charge in [0.1, 0.15) is 5.69 Å². The van der Waals surface area contributed by atoms with Crippen LogP contribution in [0.5, 0.6) is 0 Å². The Kier molecular flexibility index (Phi) is 4.84. The number of hydrogen-bond acceptors (Lipinski definition) is 5. The molecular formula is C25H21N7. The number of nitrogens with two attached hydrogens (primary N) is 1. The van der Waals surface area contributed by atoms with Crippen LogP contribution in [0.1, 0.15) is 12.6 Å². The number of nitrogens with one attached hydrogen (secondary N) is 2. The maximum absolute atomic E-state index is 5.95. The third kappa shape index (κ3) is 3.35. The number of allylic oxidation sites excluding steroid dienone is 4. The van der Waals surface area contributed by atoms with Crippen molar-refractivity contribution in [3.8, 4) is 22.6 Å². The molecule has 7 heteroatoms. The Balaban J connectivity index is 1.65. The summed E-state index contributed by atoms with van der Waals surface area (Å²) in [7, 11) is 0. The van der Waals surface area contributed by atoms with Gasteiger partial charge in [-0.25, -0.2) is 0 Å². The highest BCUT2D eigenvalue weighted by molar-refractivity contribution is 6.00. The van der Waals surface area contributed by atoms with Gasteiger partial charge in [-0.3, -0.25) is 20.1 Å². The van der Waals surface area contributed by atoms with Crippen molar-refractivity contribution < 1.29 is 0 Å². The van der Waals surface area contributed by atoms with E-state index < -0.39 is 0 Å². The molecule has 5 aromatic rings. The van der Waals surface area contributed by atoms with Crippen LogP contribution in [0.4, 0.5) is 0 Å². The fourth-order valence-corrected chi connectivity index (χ4v) is 3.73. The minimum Gasteiger partial charge on any atom is -0.399 e. The number of aromatic amines is 2. The first-order valence-electron chi connectivity index (χ1n) is 10.2. The molecule has 0 fully saturated rings. The molecule has 0 saturated carbocycles. The summed E-state index contributed by atoms with van der Waals surface area (Å²) in [4.78, 5) is 16.9. The Labute approximate surface area is 184 Å². The molecule has 5 rings (SSSR count). The largest absolute Gasteiger partial charge is 0.399 e. The quantitative estimate of drug-likeness (QED) is 0.348. The van der Waals surface area contributed by atoms with Crippen molar-refractivity contribution in [3.63, 3.8) is 0 Å². The van der Waals surface area contributed by atoms with Gasteiger partial charge in [0.2, 0.25) is 0 Å². The average molecular weight is 419 g/mol. The van der Waals surface area contributed by atoms with Crippen LogP contribution < -0.4 is 5.73 Å². The molecule has 32 heavy (non-hydrogen) atoms. The molecule has 0 unspecified atom stereocenters. The van der Waals surface area contributed by atoms with E-state index in [4.69, 9.17) is 5.73 Å². The lowest BCUT2D eigenvalue weighted by molar-refractivity contribution is 1.11. The molecule has 0 radical (unpaired) electrons. The first kappa shape index (κ1) is 19.4. The van der Waals surface area contributed by atoms with E-state index in [2.05, 4.69) is 42.8 Å². The number of aromatic nitrogens is 6. The number of pyridine rings is 3. The fourth-order valence-electron chi connectivity index (χ4n) is 3.73. The molecule has 5 aromatic heterocycles. The second-order valence-corrected chi connectivity index (χ2v) is 7.33. The third-order valence-electron chi connectivity index (χ3n) is 5.35. The van der Waals surface area contributed by atoms with E-state index in [0.717, 1.165) is 55.7 Å². The maximum Gasteiger partial charge on any atom is 0.116 e. The predicted molar refractivity (Wildman–Crippen MR) is 128 cm³/mol. The zero-order chi connectivity index (χ0) is 22.1. The Hall–Kier alpha value is -4.52. The van der Waals surface area contributed by atoms with Gasteiger partial charge >= 0.3 is 0 Å². The van der Waals surface area contributed by atoms with E-state index in [0.29, 0.717) is 5.70 Å². The Morgan fingerprint density at radius 2 is 1.97 bits per heavy atom. The van der Waals surface area contributed by atoms with Crippen LogP contribution in [0.3, 0.4) is 0 Å². The van der Waals surface area contributed by atoms with Crippen molar-refractivity contribution >= 4 is 27.4 Å². The lowest BCUT2D eigenvalue weighted by Crippen LogP contribution is -1.94. The molecule has 5 heterocycles. The van der Waals surface area contributed by atoms with Gasteiger partial charge in [0.15, 0.2) is 0 Å². The lowest BCUT2D eigenvalue weighted by atomic mass is 10.1. The van der Waals surface area contributed by atoms with Crippen LogP contribution in [0.15, 0.2) is 85.6 Å². The van der Waals surface area contributed by atoms with Crippen molar-refractivity contribution in [3.05, 3.63) is 91.3 Å². The highest BCUT2D eigenvalue weighted by Crippen LogP contribution is 2.33. The Bertz CT molecular complexity index is 1500. The topological polar surface area (TPSA) is 109 Å². The SMILES string of the molecule is C=C/C(N)=C\C(=C/C)c1cc2c(-c3cc4c(-c5ccccn5)cncc4[nH]3)n[nH]c2cn1. The summed E-state index contributed by atoms with van der Waals surface area (Å²) in [6, 6.07) is 9.95. The fraction of sp³-hybridized carbons (Fsp3) is 0.0400. The van der Waals surface area contributed by atoms with Gasteiger partial charge in [-0.15, -0.1) is 0 Å². The van der Waals surface area contributed by atoms with Crippen LogP contribution in [0.25, 0.3) is 50.0 Å². The van der Waals surface area contributed by atoms with Crippen molar-refractivity contribution in [2.24, 2.45) is 5.73 Å². The van der Waals surface area contributed by atoms with E-state index in [1.807, 2.05) is 55.7 Å². The smallest absolute Gasteiger partial charge is 0.116 e. The zero-order valence-corrected chi connectivity index (χ0v) is 17.5. The first-order valence-corrected chi connectivity index (χ1v) is 10.2. The Morgan fingerprint density at radius 3 is 2.75 bits per heavy atom. The normalized spacial score (nSPS) is 12.5. The molecule has 7 nitrogen and oxygen atoms in total. The van der Waals surface area contributed by atoms with E-state index >= 15 is 0 Å². The molecule has 4 N–H and O–H groups in total. The summed E-state index contributed by atoms with van der Waals surface area (Å²) in [5, 5.41) is 9.63. The summed E-state index contributed by atoms with van der Waals surface area (Å²) in [6.45, 7) is 5.67. The molecule has 0 amide bonds. The summed E-state index contributed by atoms with van der Waals surface area (Å²) in [5.74, 6) is 0. The molecule has 0 bridgehead atoms. The molecule has 0 aromatic carbocycles.